The zero-order chi connectivity index (χ0) is 35.1. The van der Waals surface area contributed by atoms with E-state index in [1.54, 1.807) is 13.0 Å². The SMILES string of the molecule is CCS(=O)(=O)Nc1cc(C(=O)NC[C@@H](O)[C@@](C)(Cc2ccccc2)OC(=O)NC(C)(C)C)cc(N[C@H](Cc2ccccc2)[C@H]2C[C@@H]2C)n1. The number of anilines is 2. The zero-order valence-electron chi connectivity index (χ0n) is 28.6. The molecule has 1 saturated carbocycles. The van der Waals surface area contributed by atoms with Crippen LogP contribution in [0.25, 0.3) is 0 Å². The minimum atomic E-state index is -3.69. The number of nitrogens with one attached hydrogen (secondary N) is 4. The first-order chi connectivity index (χ1) is 22.6. The molecule has 0 unspecified atom stereocenters. The first kappa shape index (κ1) is 36.7. The Bertz CT molecular complexity index is 1650. The maximum Gasteiger partial charge on any atom is 0.408 e. The Labute approximate surface area is 284 Å². The summed E-state index contributed by atoms with van der Waals surface area (Å²) in [4.78, 5) is 30.9. The topological polar surface area (TPSA) is 159 Å². The third-order valence-electron chi connectivity index (χ3n) is 8.41. The van der Waals surface area contributed by atoms with Gasteiger partial charge < -0.3 is 25.8 Å². The Morgan fingerprint density at radius 2 is 1.56 bits per heavy atom. The van der Waals surface area contributed by atoms with Crippen LogP contribution >= 0.6 is 0 Å². The van der Waals surface area contributed by atoms with Crippen molar-refractivity contribution in [3.8, 4) is 0 Å². The van der Waals surface area contributed by atoms with E-state index in [2.05, 4.69) is 44.7 Å². The number of ether oxygens (including phenoxy) is 1. The van der Waals surface area contributed by atoms with Gasteiger partial charge in [-0.25, -0.2) is 18.2 Å². The molecular formula is C36H49N5O6S. The third kappa shape index (κ3) is 10.9. The number of hydrogen-bond acceptors (Lipinski definition) is 8. The van der Waals surface area contributed by atoms with Crippen LogP contribution in [0.2, 0.25) is 0 Å². The molecule has 3 aromatic rings. The fraction of sp³-hybridized carbons (Fsp3) is 0.472. The van der Waals surface area contributed by atoms with Crippen molar-refractivity contribution in [2.75, 3.05) is 22.3 Å². The molecule has 1 aliphatic rings. The number of alkyl carbamates (subject to hydrolysis) is 1. The highest BCUT2D eigenvalue weighted by Crippen LogP contribution is 2.42. The normalized spacial score (nSPS) is 18.5. The molecule has 2 amide bonds. The highest BCUT2D eigenvalue weighted by Gasteiger charge is 2.40. The molecular weight excluding hydrogens is 630 g/mol. The van der Waals surface area contributed by atoms with Crippen molar-refractivity contribution in [1.82, 2.24) is 15.6 Å². The average molecular weight is 680 g/mol. The van der Waals surface area contributed by atoms with Crippen LogP contribution in [0.1, 0.15) is 69.4 Å². The summed E-state index contributed by atoms with van der Waals surface area (Å²) in [7, 11) is -3.69. The van der Waals surface area contributed by atoms with Crippen molar-refractivity contribution < 1.29 is 27.9 Å². The third-order valence-corrected chi connectivity index (χ3v) is 9.69. The first-order valence-electron chi connectivity index (χ1n) is 16.4. The number of nitrogens with zero attached hydrogens (tertiary/aromatic N) is 1. The number of amides is 2. The molecule has 11 nitrogen and oxygen atoms in total. The summed E-state index contributed by atoms with van der Waals surface area (Å²) in [6, 6.07) is 22.3. The maximum absolute atomic E-state index is 13.6. The zero-order valence-corrected chi connectivity index (χ0v) is 29.4. The van der Waals surface area contributed by atoms with Gasteiger partial charge in [0.1, 0.15) is 23.3 Å². The largest absolute Gasteiger partial charge is 0.440 e. The minimum absolute atomic E-state index is 0.00551. The van der Waals surface area contributed by atoms with Gasteiger partial charge in [-0.15, -0.1) is 0 Å². The Kier molecular flexibility index (Phi) is 11.7. The molecule has 4 rings (SSSR count). The standard InChI is InChI=1S/C36H49N5O6S/c1-7-48(45,46)41-32-21-27(20-31(39-32)38-29(28-18-24(28)2)19-25-14-10-8-11-15-25)33(43)37-23-30(42)36(6,22-26-16-12-9-13-17-26)47-34(44)40-35(3,4)5/h8-17,20-21,24,28-30,42H,7,18-19,22-23H2,1-6H3,(H,37,43)(H,40,44)(H2,38,39,41)/t24-,28-,29+,30+,36+/m0/s1. The van der Waals surface area contributed by atoms with E-state index in [0.717, 1.165) is 24.0 Å². The second-order valence-corrected chi connectivity index (χ2v) is 15.9. The molecule has 1 aliphatic carbocycles. The number of pyridine rings is 1. The molecule has 5 atom stereocenters. The second-order valence-electron chi connectivity index (χ2n) is 13.9. The van der Waals surface area contributed by atoms with Crippen molar-refractivity contribution in [2.24, 2.45) is 11.8 Å². The van der Waals surface area contributed by atoms with Crippen LogP contribution in [-0.4, -0.2) is 66.1 Å². The van der Waals surface area contributed by atoms with Crippen LogP contribution in [0.3, 0.4) is 0 Å². The van der Waals surface area contributed by atoms with Gasteiger partial charge >= 0.3 is 6.09 Å². The predicted molar refractivity (Wildman–Crippen MR) is 188 cm³/mol. The molecule has 1 heterocycles. The van der Waals surface area contributed by atoms with E-state index in [-0.39, 0.29) is 36.1 Å². The van der Waals surface area contributed by atoms with Crippen LogP contribution in [0.5, 0.6) is 0 Å². The summed E-state index contributed by atoms with van der Waals surface area (Å²) in [5.74, 6) is 0.554. The highest BCUT2D eigenvalue weighted by molar-refractivity contribution is 7.92. The average Bonchev–Trinajstić information content (AvgIpc) is 3.75. The van der Waals surface area contributed by atoms with Gasteiger partial charge in [0.25, 0.3) is 5.91 Å². The highest BCUT2D eigenvalue weighted by atomic mass is 32.2. The molecule has 1 aromatic heterocycles. The summed E-state index contributed by atoms with van der Waals surface area (Å²) >= 11 is 0. The second kappa shape index (κ2) is 15.4. The molecule has 5 N–H and O–H groups in total. The Balaban J connectivity index is 1.56. The molecule has 260 valence electrons. The number of benzene rings is 2. The first-order valence-corrected chi connectivity index (χ1v) is 18.1. The minimum Gasteiger partial charge on any atom is -0.440 e. The monoisotopic (exact) mass is 679 g/mol. The number of hydrogen-bond donors (Lipinski definition) is 5. The van der Waals surface area contributed by atoms with Crippen molar-refractivity contribution in [3.05, 3.63) is 89.5 Å². The summed E-state index contributed by atoms with van der Waals surface area (Å²) in [5.41, 5.74) is 0.170. The van der Waals surface area contributed by atoms with E-state index in [1.807, 2.05) is 69.3 Å². The molecule has 0 saturated heterocycles. The van der Waals surface area contributed by atoms with Crippen molar-refractivity contribution in [2.45, 2.75) is 84.1 Å². The molecule has 12 heteroatoms. The Hall–Kier alpha value is -4.16. The molecule has 0 aliphatic heterocycles. The lowest BCUT2D eigenvalue weighted by atomic mass is 9.90. The number of sulfonamides is 1. The fourth-order valence-electron chi connectivity index (χ4n) is 5.57. The van der Waals surface area contributed by atoms with E-state index < -0.39 is 39.3 Å². The lowest BCUT2D eigenvalue weighted by Gasteiger charge is -2.35. The van der Waals surface area contributed by atoms with Gasteiger partial charge in [0, 0.05) is 30.1 Å². The molecule has 0 spiro atoms. The van der Waals surface area contributed by atoms with Crippen molar-refractivity contribution >= 4 is 33.7 Å². The summed E-state index contributed by atoms with van der Waals surface area (Å²) in [6.07, 6.45) is -0.0125. The van der Waals surface area contributed by atoms with E-state index in [9.17, 15) is 23.1 Å². The molecule has 0 radical (unpaired) electrons. The van der Waals surface area contributed by atoms with Gasteiger partial charge in [-0.3, -0.25) is 9.52 Å². The van der Waals surface area contributed by atoms with E-state index in [0.29, 0.717) is 17.7 Å². The number of carbonyl (C=O) groups excluding carboxylic acids is 2. The number of carbonyl (C=O) groups is 2. The fourth-order valence-corrected chi connectivity index (χ4v) is 6.14. The van der Waals surface area contributed by atoms with E-state index in [4.69, 9.17) is 4.74 Å². The Morgan fingerprint density at radius 3 is 2.12 bits per heavy atom. The van der Waals surface area contributed by atoms with Crippen LogP contribution < -0.4 is 20.7 Å². The summed E-state index contributed by atoms with van der Waals surface area (Å²) in [6.45, 7) is 10.5. The van der Waals surface area contributed by atoms with E-state index in [1.165, 1.54) is 13.0 Å². The van der Waals surface area contributed by atoms with Gasteiger partial charge in [0.05, 0.1) is 5.75 Å². The van der Waals surface area contributed by atoms with Crippen molar-refractivity contribution in [1.29, 1.82) is 0 Å². The Morgan fingerprint density at radius 1 is 0.979 bits per heavy atom. The van der Waals surface area contributed by atoms with Crippen LogP contribution in [0, 0.1) is 11.8 Å². The van der Waals surface area contributed by atoms with E-state index >= 15 is 0 Å². The van der Waals surface area contributed by atoms with Gasteiger partial charge in [-0.2, -0.15) is 0 Å². The smallest absolute Gasteiger partial charge is 0.408 e. The maximum atomic E-state index is 13.6. The van der Waals surface area contributed by atoms with Gasteiger partial charge in [0.15, 0.2) is 0 Å². The van der Waals surface area contributed by atoms with Gasteiger partial charge in [-0.05, 0) is 82.6 Å². The molecule has 0 bridgehead atoms. The van der Waals surface area contributed by atoms with Gasteiger partial charge in [-0.1, -0.05) is 67.6 Å². The van der Waals surface area contributed by atoms with Crippen LogP contribution in [-0.2, 0) is 27.6 Å². The predicted octanol–water partition coefficient (Wildman–Crippen LogP) is 5.14. The number of aliphatic hydroxyl groups excluding tert-OH is 1. The number of aliphatic hydroxyl groups is 1. The molecule has 48 heavy (non-hydrogen) atoms. The quantitative estimate of drug-likeness (QED) is 0.148. The summed E-state index contributed by atoms with van der Waals surface area (Å²) < 4.78 is 33.2. The summed E-state index contributed by atoms with van der Waals surface area (Å²) in [5, 5.41) is 20.4. The molecule has 2 aromatic carbocycles. The molecule has 1 fully saturated rings. The van der Waals surface area contributed by atoms with Crippen LogP contribution in [0.15, 0.2) is 72.8 Å². The number of rotatable bonds is 15. The van der Waals surface area contributed by atoms with Crippen molar-refractivity contribution in [3.63, 3.8) is 0 Å². The van der Waals surface area contributed by atoms with Crippen LogP contribution in [0.4, 0.5) is 16.4 Å². The lowest BCUT2D eigenvalue weighted by molar-refractivity contribution is -0.0688. The van der Waals surface area contributed by atoms with Gasteiger partial charge in [0.2, 0.25) is 10.0 Å². The lowest BCUT2D eigenvalue weighted by Crippen LogP contribution is -2.54. The number of aromatic nitrogens is 1.